The third-order valence-corrected chi connectivity index (χ3v) is 4.09. The summed E-state index contributed by atoms with van der Waals surface area (Å²) in [7, 11) is 0. The number of nitrogens with zero attached hydrogens (tertiary/aromatic N) is 2. The van der Waals surface area contributed by atoms with Gasteiger partial charge in [0.1, 0.15) is 0 Å². The van der Waals surface area contributed by atoms with Crippen LogP contribution in [0.5, 0.6) is 0 Å². The highest BCUT2D eigenvalue weighted by molar-refractivity contribution is 5.74. The SMILES string of the molecule is O=C([O-])[C@H]1Cc2cc([N+](=O)[O-])ccc2N2CCC[C@@H]12. The van der Waals surface area contributed by atoms with E-state index in [1.165, 1.54) is 12.1 Å². The summed E-state index contributed by atoms with van der Waals surface area (Å²) in [5.74, 6) is -1.63. The van der Waals surface area contributed by atoms with Crippen LogP contribution in [-0.4, -0.2) is 23.5 Å². The average molecular weight is 261 g/mol. The predicted molar refractivity (Wildman–Crippen MR) is 65.7 cm³/mol. The van der Waals surface area contributed by atoms with E-state index in [9.17, 15) is 20.0 Å². The maximum Gasteiger partial charge on any atom is 0.269 e. The summed E-state index contributed by atoms with van der Waals surface area (Å²) >= 11 is 0. The molecule has 0 N–H and O–H groups in total. The first-order chi connectivity index (χ1) is 9.08. The van der Waals surface area contributed by atoms with Crippen molar-refractivity contribution in [1.82, 2.24) is 0 Å². The minimum atomic E-state index is -1.06. The minimum Gasteiger partial charge on any atom is -0.550 e. The molecule has 2 heterocycles. The van der Waals surface area contributed by atoms with Crippen molar-refractivity contribution in [3.8, 4) is 0 Å². The number of fused-ring (bicyclic) bond motifs is 3. The predicted octanol–water partition coefficient (Wildman–Crippen LogP) is 0.486. The fourth-order valence-electron chi connectivity index (χ4n) is 3.25. The number of carbonyl (C=O) groups excluding carboxylic acids is 1. The van der Waals surface area contributed by atoms with Crippen molar-refractivity contribution in [2.75, 3.05) is 11.4 Å². The van der Waals surface area contributed by atoms with Gasteiger partial charge >= 0.3 is 0 Å². The Morgan fingerprint density at radius 2 is 2.21 bits per heavy atom. The normalized spacial score (nSPS) is 24.7. The van der Waals surface area contributed by atoms with Crippen molar-refractivity contribution in [3.63, 3.8) is 0 Å². The molecule has 0 aliphatic carbocycles. The lowest BCUT2D eigenvalue weighted by Gasteiger charge is -2.39. The lowest BCUT2D eigenvalue weighted by atomic mass is 9.85. The molecular weight excluding hydrogens is 248 g/mol. The molecule has 1 saturated heterocycles. The smallest absolute Gasteiger partial charge is 0.269 e. The fraction of sp³-hybridized carbons (Fsp3) is 0.462. The number of carbonyl (C=O) groups is 1. The molecule has 0 bridgehead atoms. The van der Waals surface area contributed by atoms with Crippen LogP contribution >= 0.6 is 0 Å². The van der Waals surface area contributed by atoms with Crippen molar-refractivity contribution in [2.24, 2.45) is 5.92 Å². The summed E-state index contributed by atoms with van der Waals surface area (Å²) in [6.07, 6.45) is 2.11. The van der Waals surface area contributed by atoms with Gasteiger partial charge in [0.15, 0.2) is 0 Å². The molecule has 0 radical (unpaired) electrons. The Hall–Kier alpha value is -2.11. The lowest BCUT2D eigenvalue weighted by Crippen LogP contribution is -2.49. The molecule has 0 amide bonds. The zero-order chi connectivity index (χ0) is 13.6. The topological polar surface area (TPSA) is 86.5 Å². The van der Waals surface area contributed by atoms with Gasteiger partial charge in [-0.15, -0.1) is 0 Å². The molecule has 0 aromatic heterocycles. The highest BCUT2D eigenvalue weighted by Crippen LogP contribution is 2.40. The highest BCUT2D eigenvalue weighted by atomic mass is 16.6. The summed E-state index contributed by atoms with van der Waals surface area (Å²) in [6.45, 7) is 0.805. The number of carboxylic acids is 1. The fourth-order valence-corrected chi connectivity index (χ4v) is 3.25. The molecule has 0 unspecified atom stereocenters. The van der Waals surface area contributed by atoms with Crippen molar-refractivity contribution >= 4 is 17.3 Å². The third-order valence-electron chi connectivity index (χ3n) is 4.09. The monoisotopic (exact) mass is 261 g/mol. The van der Waals surface area contributed by atoms with E-state index in [4.69, 9.17) is 0 Å². The average Bonchev–Trinajstić information content (AvgIpc) is 2.85. The molecule has 1 fully saturated rings. The summed E-state index contributed by atoms with van der Waals surface area (Å²) < 4.78 is 0. The first-order valence-electron chi connectivity index (χ1n) is 6.33. The van der Waals surface area contributed by atoms with E-state index in [0.717, 1.165) is 30.6 Å². The molecule has 2 atom stereocenters. The van der Waals surface area contributed by atoms with Crippen LogP contribution in [0.3, 0.4) is 0 Å². The number of hydrogen-bond donors (Lipinski definition) is 0. The van der Waals surface area contributed by atoms with Gasteiger partial charge in [-0.2, -0.15) is 0 Å². The van der Waals surface area contributed by atoms with Crippen LogP contribution in [0, 0.1) is 16.0 Å². The quantitative estimate of drug-likeness (QED) is 0.571. The van der Waals surface area contributed by atoms with Gasteiger partial charge in [0.25, 0.3) is 5.69 Å². The Morgan fingerprint density at radius 3 is 2.89 bits per heavy atom. The Kier molecular flexibility index (Phi) is 2.66. The molecule has 3 rings (SSSR count). The van der Waals surface area contributed by atoms with Crippen molar-refractivity contribution < 1.29 is 14.8 Å². The van der Waals surface area contributed by atoms with E-state index >= 15 is 0 Å². The maximum absolute atomic E-state index is 11.3. The third kappa shape index (κ3) is 1.83. The molecule has 6 nitrogen and oxygen atoms in total. The number of carboxylic acid groups (broad SMARTS) is 1. The van der Waals surface area contributed by atoms with Crippen LogP contribution < -0.4 is 10.0 Å². The molecule has 0 spiro atoms. The zero-order valence-corrected chi connectivity index (χ0v) is 10.2. The number of aliphatic carboxylic acids is 1. The molecule has 1 aromatic carbocycles. The second kappa shape index (κ2) is 4.22. The van der Waals surface area contributed by atoms with Crippen LogP contribution in [0.2, 0.25) is 0 Å². The van der Waals surface area contributed by atoms with Gasteiger partial charge in [-0.05, 0) is 30.9 Å². The van der Waals surface area contributed by atoms with Crippen LogP contribution in [0.25, 0.3) is 0 Å². The molecule has 2 aliphatic rings. The van der Waals surface area contributed by atoms with Crippen molar-refractivity contribution in [2.45, 2.75) is 25.3 Å². The molecule has 100 valence electrons. The highest BCUT2D eigenvalue weighted by Gasteiger charge is 2.38. The largest absolute Gasteiger partial charge is 0.550 e. The van der Waals surface area contributed by atoms with E-state index in [-0.39, 0.29) is 11.7 Å². The second-order valence-electron chi connectivity index (χ2n) is 5.10. The molecule has 1 aromatic rings. The van der Waals surface area contributed by atoms with E-state index in [2.05, 4.69) is 4.90 Å². The van der Waals surface area contributed by atoms with Gasteiger partial charge < -0.3 is 14.8 Å². The zero-order valence-electron chi connectivity index (χ0n) is 10.2. The van der Waals surface area contributed by atoms with E-state index < -0.39 is 16.8 Å². The summed E-state index contributed by atoms with van der Waals surface area (Å²) in [6, 6.07) is 4.67. The number of hydrogen-bond acceptors (Lipinski definition) is 5. The van der Waals surface area contributed by atoms with Crippen LogP contribution in [0.4, 0.5) is 11.4 Å². The molecule has 2 aliphatic heterocycles. The number of nitro benzene ring substituents is 1. The molecular formula is C13H13N2O4-. The second-order valence-corrected chi connectivity index (χ2v) is 5.10. The van der Waals surface area contributed by atoms with Crippen LogP contribution in [-0.2, 0) is 11.2 Å². The lowest BCUT2D eigenvalue weighted by molar-refractivity contribution is -0.384. The summed E-state index contributed by atoms with van der Waals surface area (Å²) in [5, 5.41) is 22.0. The Morgan fingerprint density at radius 1 is 1.42 bits per heavy atom. The first-order valence-corrected chi connectivity index (χ1v) is 6.33. The first kappa shape index (κ1) is 12.0. The van der Waals surface area contributed by atoms with Crippen LogP contribution in [0.1, 0.15) is 18.4 Å². The van der Waals surface area contributed by atoms with Crippen molar-refractivity contribution in [1.29, 1.82) is 0 Å². The maximum atomic E-state index is 11.3. The van der Waals surface area contributed by atoms with Crippen LogP contribution in [0.15, 0.2) is 18.2 Å². The van der Waals surface area contributed by atoms with Gasteiger partial charge in [-0.25, -0.2) is 0 Å². The van der Waals surface area contributed by atoms with E-state index in [1.807, 2.05) is 0 Å². The van der Waals surface area contributed by atoms with Gasteiger partial charge in [-0.3, -0.25) is 10.1 Å². The van der Waals surface area contributed by atoms with E-state index in [0.29, 0.717) is 6.42 Å². The van der Waals surface area contributed by atoms with E-state index in [1.54, 1.807) is 6.07 Å². The molecule has 0 saturated carbocycles. The number of benzene rings is 1. The van der Waals surface area contributed by atoms with Crippen molar-refractivity contribution in [3.05, 3.63) is 33.9 Å². The van der Waals surface area contributed by atoms with Gasteiger partial charge in [-0.1, -0.05) is 0 Å². The number of nitro groups is 1. The van der Waals surface area contributed by atoms with Gasteiger partial charge in [0, 0.05) is 42.3 Å². The standard InChI is InChI=1S/C13H14N2O4/c16-13(17)10-7-8-6-9(15(18)19)3-4-11(8)14-5-1-2-12(10)14/h3-4,6,10,12H,1-2,5,7H2,(H,16,17)/p-1/t10-,12-/m0/s1. The van der Waals surface area contributed by atoms with Gasteiger partial charge in [0.05, 0.1) is 4.92 Å². The summed E-state index contributed by atoms with van der Waals surface area (Å²) in [5.41, 5.74) is 1.68. The molecule has 19 heavy (non-hydrogen) atoms. The number of non-ortho nitro benzene ring substituents is 1. The number of rotatable bonds is 2. The molecule has 6 heteroatoms. The Labute approximate surface area is 109 Å². The Bertz CT molecular complexity index is 558. The number of anilines is 1. The van der Waals surface area contributed by atoms with Gasteiger partial charge in [0.2, 0.25) is 0 Å². The minimum absolute atomic E-state index is 0.00787. The summed E-state index contributed by atoms with van der Waals surface area (Å²) in [4.78, 5) is 23.7. The Balaban J connectivity index is 2.05.